The van der Waals surface area contributed by atoms with Crippen molar-refractivity contribution >= 4 is 23.4 Å². The summed E-state index contributed by atoms with van der Waals surface area (Å²) in [6.45, 7) is 6.14. The van der Waals surface area contributed by atoms with Crippen LogP contribution in [0.15, 0.2) is 58.2 Å². The molecule has 0 saturated carbocycles. The minimum atomic E-state index is 0.227. The van der Waals surface area contributed by atoms with Gasteiger partial charge in [-0.1, -0.05) is 54.5 Å². The molecule has 0 aliphatic heterocycles. The summed E-state index contributed by atoms with van der Waals surface area (Å²) in [5.74, 6) is 2.78. The van der Waals surface area contributed by atoms with E-state index >= 15 is 0 Å². The highest BCUT2D eigenvalue weighted by atomic mass is 35.5. The predicted molar refractivity (Wildman–Crippen MR) is 114 cm³/mol. The molecule has 2 aromatic carbocycles. The second-order valence-electron chi connectivity index (χ2n) is 6.98. The molecule has 29 heavy (non-hydrogen) atoms. The van der Waals surface area contributed by atoms with Crippen LogP contribution >= 0.6 is 23.4 Å². The summed E-state index contributed by atoms with van der Waals surface area (Å²) >= 11 is 7.56. The molecule has 4 aromatic rings. The van der Waals surface area contributed by atoms with Crippen LogP contribution in [0.5, 0.6) is 0 Å². The van der Waals surface area contributed by atoms with Crippen LogP contribution < -0.4 is 0 Å². The van der Waals surface area contributed by atoms with Crippen LogP contribution in [0.2, 0.25) is 5.02 Å². The number of rotatable bonds is 6. The van der Waals surface area contributed by atoms with Crippen LogP contribution in [-0.4, -0.2) is 24.9 Å². The first-order valence-corrected chi connectivity index (χ1v) is 10.6. The highest BCUT2D eigenvalue weighted by Crippen LogP contribution is 2.30. The fourth-order valence-electron chi connectivity index (χ4n) is 2.84. The number of benzene rings is 2. The van der Waals surface area contributed by atoms with Crippen LogP contribution in [0, 0.1) is 6.92 Å². The van der Waals surface area contributed by atoms with E-state index in [9.17, 15) is 0 Å². The Balaban J connectivity index is 1.70. The van der Waals surface area contributed by atoms with E-state index in [1.54, 1.807) is 0 Å². The summed E-state index contributed by atoms with van der Waals surface area (Å²) in [5, 5.41) is 14.3. The molecule has 0 amide bonds. The van der Waals surface area contributed by atoms with Gasteiger partial charge in [0, 0.05) is 22.2 Å². The summed E-state index contributed by atoms with van der Waals surface area (Å²) in [7, 11) is 0. The first-order valence-electron chi connectivity index (χ1n) is 9.25. The van der Waals surface area contributed by atoms with Crippen molar-refractivity contribution in [2.75, 3.05) is 0 Å². The zero-order chi connectivity index (χ0) is 20.4. The maximum atomic E-state index is 6.05. The highest BCUT2D eigenvalue weighted by molar-refractivity contribution is 7.98. The number of halogens is 1. The van der Waals surface area contributed by atoms with Gasteiger partial charge in [-0.15, -0.1) is 10.2 Å². The van der Waals surface area contributed by atoms with Crippen LogP contribution in [0.4, 0.5) is 0 Å². The first kappa shape index (κ1) is 19.7. The summed E-state index contributed by atoms with van der Waals surface area (Å²) in [5.41, 5.74) is 3.10. The van der Waals surface area contributed by atoms with Crippen molar-refractivity contribution < 1.29 is 4.52 Å². The van der Waals surface area contributed by atoms with Gasteiger partial charge in [-0.25, -0.2) is 0 Å². The van der Waals surface area contributed by atoms with Crippen molar-refractivity contribution in [3.05, 3.63) is 70.8 Å². The first-order chi connectivity index (χ1) is 14.0. The van der Waals surface area contributed by atoms with Gasteiger partial charge in [0.25, 0.3) is 0 Å². The molecule has 0 aliphatic carbocycles. The van der Waals surface area contributed by atoms with Gasteiger partial charge in [0.15, 0.2) is 16.8 Å². The van der Waals surface area contributed by atoms with Crippen LogP contribution in [0.25, 0.3) is 17.1 Å². The minimum absolute atomic E-state index is 0.227. The average molecular weight is 426 g/mol. The number of aromatic nitrogens is 5. The lowest BCUT2D eigenvalue weighted by Gasteiger charge is -2.11. The second kappa shape index (κ2) is 8.39. The van der Waals surface area contributed by atoms with Crippen molar-refractivity contribution in [2.24, 2.45) is 0 Å². The molecule has 6 nitrogen and oxygen atoms in total. The van der Waals surface area contributed by atoms with E-state index < -0.39 is 0 Å². The van der Waals surface area contributed by atoms with Gasteiger partial charge in [0.1, 0.15) is 0 Å². The van der Waals surface area contributed by atoms with Gasteiger partial charge in [-0.2, -0.15) is 4.98 Å². The van der Waals surface area contributed by atoms with Gasteiger partial charge in [0.05, 0.1) is 5.75 Å². The van der Waals surface area contributed by atoms with E-state index in [1.807, 2.05) is 54.8 Å². The maximum Gasteiger partial charge on any atom is 0.237 e. The number of aryl methyl sites for hydroxylation is 1. The van der Waals surface area contributed by atoms with E-state index in [0.29, 0.717) is 22.5 Å². The van der Waals surface area contributed by atoms with Crippen LogP contribution in [0.3, 0.4) is 0 Å². The number of hydrogen-bond donors (Lipinski definition) is 0. The summed E-state index contributed by atoms with van der Waals surface area (Å²) in [4.78, 5) is 4.45. The largest absolute Gasteiger partial charge is 0.338 e. The molecular weight excluding hydrogens is 406 g/mol. The Labute approximate surface area is 178 Å². The highest BCUT2D eigenvalue weighted by Gasteiger charge is 2.18. The molecule has 0 N–H and O–H groups in total. The molecule has 0 spiro atoms. The Bertz CT molecular complexity index is 1120. The molecule has 0 atom stereocenters. The lowest BCUT2D eigenvalue weighted by atomic mass is 10.2. The monoisotopic (exact) mass is 425 g/mol. The topological polar surface area (TPSA) is 69.6 Å². The molecular formula is C21H20ClN5OS. The molecule has 0 fully saturated rings. The van der Waals surface area contributed by atoms with E-state index in [2.05, 4.69) is 39.4 Å². The summed E-state index contributed by atoms with van der Waals surface area (Å²) < 4.78 is 7.41. The number of thioether (sulfide) groups is 1. The molecule has 0 bridgehead atoms. The van der Waals surface area contributed by atoms with Crippen LogP contribution in [0.1, 0.15) is 37.0 Å². The lowest BCUT2D eigenvalue weighted by Crippen LogP contribution is -2.00. The molecule has 0 aliphatic rings. The Morgan fingerprint density at radius 3 is 2.59 bits per heavy atom. The van der Waals surface area contributed by atoms with Gasteiger partial charge in [0.2, 0.25) is 5.89 Å². The van der Waals surface area contributed by atoms with Gasteiger partial charge in [-0.3, -0.25) is 4.57 Å². The zero-order valence-electron chi connectivity index (χ0n) is 16.3. The fourth-order valence-corrected chi connectivity index (χ4v) is 3.75. The van der Waals surface area contributed by atoms with Crippen molar-refractivity contribution in [1.82, 2.24) is 24.9 Å². The van der Waals surface area contributed by atoms with Crippen molar-refractivity contribution in [1.29, 1.82) is 0 Å². The summed E-state index contributed by atoms with van der Waals surface area (Å²) in [6, 6.07) is 15.8. The third kappa shape index (κ3) is 4.36. The Hall–Kier alpha value is -2.64. The average Bonchev–Trinajstić information content (AvgIpc) is 3.34. The molecule has 0 saturated heterocycles. The molecule has 2 aromatic heterocycles. The smallest absolute Gasteiger partial charge is 0.237 e. The van der Waals surface area contributed by atoms with E-state index in [0.717, 1.165) is 27.8 Å². The van der Waals surface area contributed by atoms with Gasteiger partial charge < -0.3 is 4.52 Å². The molecule has 2 heterocycles. The zero-order valence-corrected chi connectivity index (χ0v) is 17.9. The molecule has 8 heteroatoms. The standard InChI is InChI=1S/C21H20ClN5OS/c1-13(2)19-23-18(28-26-19)12-29-21-25-24-20(15-7-9-16(22)10-8-15)27(21)17-6-4-5-14(3)11-17/h4-11,13H,12H2,1-3H3. The van der Waals surface area contributed by atoms with Crippen molar-refractivity contribution in [2.45, 2.75) is 37.6 Å². The normalized spacial score (nSPS) is 11.3. The Morgan fingerprint density at radius 2 is 1.90 bits per heavy atom. The van der Waals surface area contributed by atoms with Gasteiger partial charge >= 0.3 is 0 Å². The SMILES string of the molecule is Cc1cccc(-n2c(SCc3nc(C(C)C)no3)nnc2-c2ccc(Cl)cc2)c1. The summed E-state index contributed by atoms with van der Waals surface area (Å²) in [6.07, 6.45) is 0. The quantitative estimate of drug-likeness (QED) is 0.369. The third-order valence-corrected chi connectivity index (χ3v) is 5.49. The van der Waals surface area contributed by atoms with Crippen molar-refractivity contribution in [3.8, 4) is 17.1 Å². The predicted octanol–water partition coefficient (Wildman–Crippen LogP) is 5.69. The molecule has 0 radical (unpaired) electrons. The Morgan fingerprint density at radius 1 is 1.10 bits per heavy atom. The minimum Gasteiger partial charge on any atom is -0.338 e. The number of hydrogen-bond acceptors (Lipinski definition) is 6. The second-order valence-corrected chi connectivity index (χ2v) is 8.36. The van der Waals surface area contributed by atoms with Crippen LogP contribution in [-0.2, 0) is 5.75 Å². The van der Waals surface area contributed by atoms with Gasteiger partial charge in [-0.05, 0) is 48.9 Å². The van der Waals surface area contributed by atoms with Crippen molar-refractivity contribution in [3.63, 3.8) is 0 Å². The van der Waals surface area contributed by atoms with E-state index in [1.165, 1.54) is 11.8 Å². The fraction of sp³-hybridized carbons (Fsp3) is 0.238. The molecule has 4 rings (SSSR count). The maximum absolute atomic E-state index is 6.05. The molecule has 148 valence electrons. The third-order valence-electron chi connectivity index (χ3n) is 4.32. The molecule has 0 unspecified atom stereocenters. The van der Waals surface area contributed by atoms with E-state index in [4.69, 9.17) is 16.1 Å². The lowest BCUT2D eigenvalue weighted by molar-refractivity contribution is 0.382. The number of nitrogens with zero attached hydrogens (tertiary/aromatic N) is 5. The Kier molecular flexibility index (Phi) is 5.69. The van der Waals surface area contributed by atoms with E-state index in [-0.39, 0.29) is 5.92 Å².